The maximum absolute atomic E-state index is 15.0. The Bertz CT molecular complexity index is 997. The van der Waals surface area contributed by atoms with Crippen molar-refractivity contribution in [2.24, 2.45) is 5.92 Å². The third-order valence-corrected chi connectivity index (χ3v) is 6.33. The van der Waals surface area contributed by atoms with E-state index in [0.717, 1.165) is 32.4 Å². The molecule has 150 valence electrons. The molecule has 0 amide bonds. The first kappa shape index (κ1) is 18.9. The van der Waals surface area contributed by atoms with Crippen molar-refractivity contribution in [3.05, 3.63) is 39.9 Å². The number of nitrogens with zero attached hydrogens (tertiary/aromatic N) is 3. The van der Waals surface area contributed by atoms with Gasteiger partial charge in [0.15, 0.2) is 0 Å². The number of pyridine rings is 1. The first-order valence-corrected chi connectivity index (χ1v) is 9.81. The molecule has 0 radical (unpaired) electrons. The van der Waals surface area contributed by atoms with E-state index in [-0.39, 0.29) is 17.0 Å². The summed E-state index contributed by atoms with van der Waals surface area (Å²) in [5.74, 6) is -1.29. The minimum absolute atomic E-state index is 0.144. The number of carbonyl (C=O) groups is 1. The second kappa shape index (κ2) is 6.88. The van der Waals surface area contributed by atoms with Gasteiger partial charge in [-0.25, -0.2) is 9.18 Å². The van der Waals surface area contributed by atoms with Gasteiger partial charge in [0.25, 0.3) is 0 Å². The molecular weight excluding hydrogens is 361 g/mol. The number of rotatable bonds is 5. The Hall–Kier alpha value is -2.41. The fourth-order valence-electron chi connectivity index (χ4n) is 4.23. The Kier molecular flexibility index (Phi) is 4.65. The first-order valence-electron chi connectivity index (χ1n) is 9.81. The predicted molar refractivity (Wildman–Crippen MR) is 107 cm³/mol. The second-order valence-electron chi connectivity index (χ2n) is 8.34. The third-order valence-electron chi connectivity index (χ3n) is 6.33. The van der Waals surface area contributed by atoms with Gasteiger partial charge in [-0.3, -0.25) is 4.79 Å². The fourth-order valence-corrected chi connectivity index (χ4v) is 4.23. The average Bonchev–Trinajstić information content (AvgIpc) is 3.37. The summed E-state index contributed by atoms with van der Waals surface area (Å²) < 4.78 is 16.8. The lowest BCUT2D eigenvalue weighted by atomic mass is 10.00. The molecule has 0 spiro atoms. The molecule has 1 N–H and O–H groups in total. The highest BCUT2D eigenvalue weighted by Gasteiger charge is 2.31. The van der Waals surface area contributed by atoms with Crippen molar-refractivity contribution in [3.8, 4) is 0 Å². The van der Waals surface area contributed by atoms with Gasteiger partial charge in [-0.05, 0) is 58.3 Å². The maximum Gasteiger partial charge on any atom is 0.341 e. The zero-order chi connectivity index (χ0) is 20.2. The van der Waals surface area contributed by atoms with Crippen molar-refractivity contribution < 1.29 is 14.3 Å². The minimum atomic E-state index is -1.27. The molecule has 7 heteroatoms. The van der Waals surface area contributed by atoms with Gasteiger partial charge in [0.05, 0.1) is 11.2 Å². The molecular formula is C21H26FN3O3. The number of carboxylic acid groups (broad SMARTS) is 1. The van der Waals surface area contributed by atoms with E-state index in [1.807, 2.05) is 9.47 Å². The van der Waals surface area contributed by atoms with E-state index < -0.39 is 17.2 Å². The molecule has 2 atom stereocenters. The largest absolute Gasteiger partial charge is 0.477 e. The van der Waals surface area contributed by atoms with Crippen molar-refractivity contribution in [2.45, 2.75) is 38.3 Å². The zero-order valence-electron chi connectivity index (χ0n) is 16.5. The topological polar surface area (TPSA) is 65.8 Å². The molecule has 2 heterocycles. The molecule has 0 bridgehead atoms. The minimum Gasteiger partial charge on any atom is -0.477 e. The summed E-state index contributed by atoms with van der Waals surface area (Å²) in [4.78, 5) is 28.3. The van der Waals surface area contributed by atoms with Crippen LogP contribution in [0.3, 0.4) is 0 Å². The highest BCUT2D eigenvalue weighted by molar-refractivity contribution is 5.93. The van der Waals surface area contributed by atoms with Crippen LogP contribution in [0.25, 0.3) is 10.9 Å². The van der Waals surface area contributed by atoms with Crippen molar-refractivity contribution in [1.82, 2.24) is 9.47 Å². The van der Waals surface area contributed by atoms with Crippen molar-refractivity contribution in [1.29, 1.82) is 0 Å². The Labute approximate surface area is 163 Å². The molecule has 1 aromatic carbocycles. The molecule has 2 fully saturated rings. The van der Waals surface area contributed by atoms with E-state index in [1.54, 1.807) is 6.07 Å². The van der Waals surface area contributed by atoms with E-state index >= 15 is 0 Å². The standard InChI is InChI=1S/C21H26FN3O3/c1-12(23(2)3)13-6-7-24(10-13)19-9-18-15(8-17(19)22)20(26)16(21(27)28)11-25(18)14-4-5-14/h8-9,11-14H,4-7,10H2,1-3H3,(H,27,28). The van der Waals surface area contributed by atoms with E-state index in [9.17, 15) is 19.1 Å². The summed E-state index contributed by atoms with van der Waals surface area (Å²) in [5, 5.41) is 9.50. The lowest BCUT2D eigenvalue weighted by Gasteiger charge is -2.27. The molecule has 6 nitrogen and oxygen atoms in total. The van der Waals surface area contributed by atoms with Crippen LogP contribution >= 0.6 is 0 Å². The van der Waals surface area contributed by atoms with Crippen molar-refractivity contribution >= 4 is 22.6 Å². The normalized spacial score (nSPS) is 20.9. The number of aromatic carboxylic acids is 1. The number of halogens is 1. The summed E-state index contributed by atoms with van der Waals surface area (Å²) in [6, 6.07) is 3.54. The molecule has 1 aliphatic heterocycles. The Morgan fingerprint density at radius 2 is 2.00 bits per heavy atom. The van der Waals surface area contributed by atoms with Crippen LogP contribution in [0.15, 0.2) is 23.1 Å². The van der Waals surface area contributed by atoms with Gasteiger partial charge in [0.2, 0.25) is 5.43 Å². The van der Waals surface area contributed by atoms with Gasteiger partial charge >= 0.3 is 5.97 Å². The molecule has 1 saturated heterocycles. The molecule has 1 aromatic heterocycles. The lowest BCUT2D eigenvalue weighted by molar-refractivity contribution is 0.0695. The summed E-state index contributed by atoms with van der Waals surface area (Å²) in [7, 11) is 4.11. The number of carboxylic acids is 1. The molecule has 2 unspecified atom stereocenters. The van der Waals surface area contributed by atoms with Crippen molar-refractivity contribution in [3.63, 3.8) is 0 Å². The molecule has 2 aromatic rings. The molecule has 1 aliphatic carbocycles. The van der Waals surface area contributed by atoms with Gasteiger partial charge < -0.3 is 19.5 Å². The fraction of sp³-hybridized carbons (Fsp3) is 0.524. The van der Waals surface area contributed by atoms with Gasteiger partial charge in [0, 0.05) is 36.8 Å². The first-order chi connectivity index (χ1) is 13.3. The number of anilines is 1. The van der Waals surface area contributed by atoms with Gasteiger partial charge in [-0.15, -0.1) is 0 Å². The van der Waals surface area contributed by atoms with E-state index in [1.165, 1.54) is 12.3 Å². The Morgan fingerprint density at radius 1 is 1.29 bits per heavy atom. The number of fused-ring (bicyclic) bond motifs is 1. The van der Waals surface area contributed by atoms with E-state index in [0.29, 0.717) is 23.2 Å². The van der Waals surface area contributed by atoms with Gasteiger partial charge in [0.1, 0.15) is 11.4 Å². The molecule has 28 heavy (non-hydrogen) atoms. The number of hydrogen-bond donors (Lipinski definition) is 1. The quantitative estimate of drug-likeness (QED) is 0.855. The number of benzene rings is 1. The molecule has 2 aliphatic rings. The van der Waals surface area contributed by atoms with Crippen LogP contribution in [0.5, 0.6) is 0 Å². The average molecular weight is 387 g/mol. The summed E-state index contributed by atoms with van der Waals surface area (Å²) in [5.41, 5.74) is 0.203. The lowest BCUT2D eigenvalue weighted by Crippen LogP contribution is -2.34. The van der Waals surface area contributed by atoms with Crippen LogP contribution in [0, 0.1) is 11.7 Å². The van der Waals surface area contributed by atoms with Gasteiger partial charge in [-0.1, -0.05) is 0 Å². The van der Waals surface area contributed by atoms with E-state index in [2.05, 4.69) is 25.9 Å². The van der Waals surface area contributed by atoms with Crippen LogP contribution in [-0.2, 0) is 0 Å². The van der Waals surface area contributed by atoms with Crippen LogP contribution in [0.4, 0.5) is 10.1 Å². The monoisotopic (exact) mass is 387 g/mol. The summed E-state index contributed by atoms with van der Waals surface area (Å²) in [6.45, 7) is 3.72. The zero-order valence-corrected chi connectivity index (χ0v) is 16.5. The number of hydrogen-bond acceptors (Lipinski definition) is 4. The van der Waals surface area contributed by atoms with Gasteiger partial charge in [-0.2, -0.15) is 0 Å². The Morgan fingerprint density at radius 3 is 2.61 bits per heavy atom. The van der Waals surface area contributed by atoms with Crippen LogP contribution in [0.1, 0.15) is 42.6 Å². The van der Waals surface area contributed by atoms with E-state index in [4.69, 9.17) is 0 Å². The maximum atomic E-state index is 15.0. The molecule has 4 rings (SSSR count). The predicted octanol–water partition coefficient (Wildman–Crippen LogP) is 2.95. The SMILES string of the molecule is CC(C1CCN(c2cc3c(cc2F)c(=O)c(C(=O)O)cn3C2CC2)C1)N(C)C. The summed E-state index contributed by atoms with van der Waals surface area (Å²) in [6.07, 6.45) is 4.29. The van der Waals surface area contributed by atoms with Crippen LogP contribution in [0.2, 0.25) is 0 Å². The summed E-state index contributed by atoms with van der Waals surface area (Å²) >= 11 is 0. The van der Waals surface area contributed by atoms with Crippen LogP contribution in [-0.4, -0.2) is 53.8 Å². The smallest absolute Gasteiger partial charge is 0.341 e. The van der Waals surface area contributed by atoms with Crippen LogP contribution < -0.4 is 10.3 Å². The Balaban J connectivity index is 1.78. The highest BCUT2D eigenvalue weighted by atomic mass is 19.1. The second-order valence-corrected chi connectivity index (χ2v) is 8.34. The number of aromatic nitrogens is 1. The molecule has 1 saturated carbocycles. The highest BCUT2D eigenvalue weighted by Crippen LogP contribution is 2.38. The van der Waals surface area contributed by atoms with Crippen molar-refractivity contribution in [2.75, 3.05) is 32.1 Å². The third kappa shape index (κ3) is 3.17.